The first-order chi connectivity index (χ1) is 9.48. The van der Waals surface area contributed by atoms with Crippen molar-refractivity contribution in [2.45, 2.75) is 32.4 Å². The Hall–Kier alpha value is -0.990. The molecule has 2 heterocycles. The van der Waals surface area contributed by atoms with Gasteiger partial charge in [0.15, 0.2) is 9.84 Å². The van der Waals surface area contributed by atoms with Crippen molar-refractivity contribution < 1.29 is 13.2 Å². The lowest BCUT2D eigenvalue weighted by molar-refractivity contribution is -0.121. The SMILES string of the molecule is CCc1cnc(CNC(=O)CC2CS(=O)(=O)CCN2)s1. The first-order valence-electron chi connectivity index (χ1n) is 6.62. The largest absolute Gasteiger partial charge is 0.350 e. The molecule has 1 aromatic rings. The van der Waals surface area contributed by atoms with E-state index in [1.54, 1.807) is 11.3 Å². The zero-order chi connectivity index (χ0) is 14.6. The number of rotatable bonds is 5. The summed E-state index contributed by atoms with van der Waals surface area (Å²) in [5.74, 6) is 0.0506. The van der Waals surface area contributed by atoms with Gasteiger partial charge in [-0.3, -0.25) is 4.79 Å². The molecule has 1 unspecified atom stereocenters. The molecule has 0 saturated carbocycles. The van der Waals surface area contributed by atoms with Gasteiger partial charge in [0.05, 0.1) is 18.1 Å². The molecule has 1 saturated heterocycles. The number of amides is 1. The van der Waals surface area contributed by atoms with Crippen molar-refractivity contribution in [2.24, 2.45) is 0 Å². The molecule has 1 aliphatic heterocycles. The molecular weight excluding hydrogens is 298 g/mol. The molecule has 6 nitrogen and oxygen atoms in total. The molecule has 1 atom stereocenters. The van der Waals surface area contributed by atoms with Gasteiger partial charge in [-0.2, -0.15) is 0 Å². The van der Waals surface area contributed by atoms with E-state index in [-0.39, 0.29) is 29.9 Å². The highest BCUT2D eigenvalue weighted by Crippen LogP contribution is 2.13. The molecule has 1 aromatic heterocycles. The molecule has 0 spiro atoms. The number of aryl methyl sites for hydroxylation is 1. The van der Waals surface area contributed by atoms with Gasteiger partial charge in [-0.25, -0.2) is 13.4 Å². The minimum atomic E-state index is -3.00. The molecule has 1 aliphatic rings. The zero-order valence-electron chi connectivity index (χ0n) is 11.4. The third-order valence-electron chi connectivity index (χ3n) is 3.12. The van der Waals surface area contributed by atoms with Crippen LogP contribution in [-0.2, 0) is 27.6 Å². The van der Waals surface area contributed by atoms with Crippen LogP contribution in [0.5, 0.6) is 0 Å². The van der Waals surface area contributed by atoms with E-state index >= 15 is 0 Å². The fraction of sp³-hybridized carbons (Fsp3) is 0.667. The van der Waals surface area contributed by atoms with Crippen molar-refractivity contribution >= 4 is 27.1 Å². The zero-order valence-corrected chi connectivity index (χ0v) is 13.0. The Labute approximate surface area is 122 Å². The van der Waals surface area contributed by atoms with Crippen molar-refractivity contribution in [3.05, 3.63) is 16.1 Å². The Morgan fingerprint density at radius 1 is 1.60 bits per heavy atom. The van der Waals surface area contributed by atoms with Crippen LogP contribution < -0.4 is 10.6 Å². The quantitative estimate of drug-likeness (QED) is 0.804. The molecule has 0 radical (unpaired) electrons. The van der Waals surface area contributed by atoms with Gasteiger partial charge in [-0.05, 0) is 6.42 Å². The Kier molecular flexibility index (Phi) is 5.11. The second kappa shape index (κ2) is 6.64. The second-order valence-corrected chi connectivity index (χ2v) is 8.25. The number of carbonyl (C=O) groups excluding carboxylic acids is 1. The predicted octanol–water partition coefficient (Wildman–Crippen LogP) is 0.0984. The summed E-state index contributed by atoms with van der Waals surface area (Å²) in [4.78, 5) is 17.2. The Morgan fingerprint density at radius 3 is 3.05 bits per heavy atom. The van der Waals surface area contributed by atoms with Crippen LogP contribution in [0, 0.1) is 0 Å². The molecule has 0 bridgehead atoms. The van der Waals surface area contributed by atoms with E-state index in [1.807, 2.05) is 6.20 Å². The molecule has 2 rings (SSSR count). The maximum Gasteiger partial charge on any atom is 0.221 e. The minimum Gasteiger partial charge on any atom is -0.350 e. The average Bonchev–Trinajstić information content (AvgIpc) is 2.83. The summed E-state index contributed by atoms with van der Waals surface area (Å²) in [5, 5.41) is 6.72. The van der Waals surface area contributed by atoms with Crippen LogP contribution in [0.25, 0.3) is 0 Å². The van der Waals surface area contributed by atoms with Gasteiger partial charge in [0.1, 0.15) is 5.01 Å². The lowest BCUT2D eigenvalue weighted by Gasteiger charge is -2.22. The molecule has 0 aromatic carbocycles. The maximum absolute atomic E-state index is 11.8. The van der Waals surface area contributed by atoms with Crippen LogP contribution >= 0.6 is 11.3 Å². The molecule has 1 amide bonds. The van der Waals surface area contributed by atoms with Crippen molar-refractivity contribution in [1.82, 2.24) is 15.6 Å². The predicted molar refractivity (Wildman–Crippen MR) is 78.4 cm³/mol. The van der Waals surface area contributed by atoms with E-state index < -0.39 is 9.84 Å². The molecule has 0 aliphatic carbocycles. The molecule has 8 heteroatoms. The van der Waals surface area contributed by atoms with E-state index in [2.05, 4.69) is 22.5 Å². The molecular formula is C12H19N3O3S2. The van der Waals surface area contributed by atoms with Crippen LogP contribution in [0.4, 0.5) is 0 Å². The highest BCUT2D eigenvalue weighted by Gasteiger charge is 2.25. The summed E-state index contributed by atoms with van der Waals surface area (Å²) in [6, 6.07) is -0.281. The standard InChI is InChI=1S/C12H19N3O3S2/c1-2-10-6-15-12(19-10)7-14-11(16)5-9-8-20(17,18)4-3-13-9/h6,9,13H,2-5,7-8H2,1H3,(H,14,16). The number of hydrogen-bond acceptors (Lipinski definition) is 6. The third-order valence-corrected chi connectivity index (χ3v) is 6.00. The van der Waals surface area contributed by atoms with E-state index in [1.165, 1.54) is 4.88 Å². The van der Waals surface area contributed by atoms with E-state index in [9.17, 15) is 13.2 Å². The monoisotopic (exact) mass is 317 g/mol. The summed E-state index contributed by atoms with van der Waals surface area (Å²) in [6.45, 7) is 2.89. The Balaban J connectivity index is 1.77. The van der Waals surface area contributed by atoms with E-state index in [0.717, 1.165) is 11.4 Å². The van der Waals surface area contributed by atoms with Gasteiger partial charge in [0, 0.05) is 30.1 Å². The van der Waals surface area contributed by atoms with Gasteiger partial charge in [-0.1, -0.05) is 6.92 Å². The first-order valence-corrected chi connectivity index (χ1v) is 9.26. The van der Waals surface area contributed by atoms with Gasteiger partial charge >= 0.3 is 0 Å². The Bertz CT molecular complexity index is 568. The first kappa shape index (κ1) is 15.4. The van der Waals surface area contributed by atoms with Crippen molar-refractivity contribution in [2.75, 3.05) is 18.1 Å². The molecule has 2 N–H and O–H groups in total. The molecule has 112 valence electrons. The number of nitrogens with zero attached hydrogens (tertiary/aromatic N) is 1. The average molecular weight is 317 g/mol. The lowest BCUT2D eigenvalue weighted by atomic mass is 10.2. The summed E-state index contributed by atoms with van der Waals surface area (Å²) in [6.07, 6.45) is 2.95. The molecule has 20 heavy (non-hydrogen) atoms. The topological polar surface area (TPSA) is 88.2 Å². The highest BCUT2D eigenvalue weighted by atomic mass is 32.2. The normalized spacial score (nSPS) is 21.6. The van der Waals surface area contributed by atoms with Crippen molar-refractivity contribution in [3.8, 4) is 0 Å². The van der Waals surface area contributed by atoms with E-state index in [4.69, 9.17) is 0 Å². The van der Waals surface area contributed by atoms with Gasteiger partial charge in [-0.15, -0.1) is 11.3 Å². The van der Waals surface area contributed by atoms with Gasteiger partial charge in [0.25, 0.3) is 0 Å². The minimum absolute atomic E-state index is 0.0393. The third kappa shape index (κ3) is 4.53. The number of thiazole rings is 1. The van der Waals surface area contributed by atoms with Gasteiger partial charge in [0.2, 0.25) is 5.91 Å². The van der Waals surface area contributed by atoms with Crippen LogP contribution in [-0.4, -0.2) is 43.4 Å². The second-order valence-electron chi connectivity index (χ2n) is 4.82. The van der Waals surface area contributed by atoms with Crippen LogP contribution in [0.3, 0.4) is 0 Å². The smallest absolute Gasteiger partial charge is 0.221 e. The summed E-state index contributed by atoms with van der Waals surface area (Å²) >= 11 is 1.58. The van der Waals surface area contributed by atoms with Crippen molar-refractivity contribution in [1.29, 1.82) is 0 Å². The van der Waals surface area contributed by atoms with Crippen LogP contribution in [0.2, 0.25) is 0 Å². The van der Waals surface area contributed by atoms with Crippen LogP contribution in [0.1, 0.15) is 23.2 Å². The number of hydrogen-bond donors (Lipinski definition) is 2. The Morgan fingerprint density at radius 2 is 2.40 bits per heavy atom. The fourth-order valence-electron chi connectivity index (χ4n) is 2.06. The van der Waals surface area contributed by atoms with Crippen molar-refractivity contribution in [3.63, 3.8) is 0 Å². The lowest BCUT2D eigenvalue weighted by Crippen LogP contribution is -2.47. The maximum atomic E-state index is 11.8. The molecule has 1 fully saturated rings. The number of nitrogens with one attached hydrogen (secondary N) is 2. The van der Waals surface area contributed by atoms with E-state index in [0.29, 0.717) is 13.1 Å². The summed E-state index contributed by atoms with van der Waals surface area (Å²) in [7, 11) is -3.00. The number of sulfone groups is 1. The van der Waals surface area contributed by atoms with Gasteiger partial charge < -0.3 is 10.6 Å². The summed E-state index contributed by atoms with van der Waals surface area (Å²) in [5.41, 5.74) is 0. The highest BCUT2D eigenvalue weighted by molar-refractivity contribution is 7.91. The number of carbonyl (C=O) groups is 1. The summed E-state index contributed by atoms with van der Waals surface area (Å²) < 4.78 is 23.0. The fourth-order valence-corrected chi connectivity index (χ4v) is 4.31. The number of aromatic nitrogens is 1. The van der Waals surface area contributed by atoms with Crippen LogP contribution in [0.15, 0.2) is 6.20 Å².